The Hall–Kier alpha value is -2.78. The van der Waals surface area contributed by atoms with Gasteiger partial charge in [0.2, 0.25) is 0 Å². The van der Waals surface area contributed by atoms with Gasteiger partial charge in [0.25, 0.3) is 0 Å². The Bertz CT molecular complexity index is 778. The number of benzene rings is 1. The fourth-order valence-electron chi connectivity index (χ4n) is 3.34. The number of pyridine rings is 1. The number of nitriles is 1. The highest BCUT2D eigenvalue weighted by Gasteiger charge is 2.20. The molecule has 0 atom stereocenters. The number of methoxy groups -OCH3 is 1. The fraction of sp³-hybridized carbons (Fsp3) is 0.429. The van der Waals surface area contributed by atoms with Crippen molar-refractivity contribution in [1.82, 2.24) is 9.88 Å². The highest BCUT2D eigenvalue weighted by atomic mass is 16.5. The van der Waals surface area contributed by atoms with E-state index in [2.05, 4.69) is 33.4 Å². The lowest BCUT2D eigenvalue weighted by molar-refractivity contribution is 0.210. The maximum Gasteiger partial charge on any atom is 0.161 e. The van der Waals surface area contributed by atoms with E-state index in [4.69, 9.17) is 14.7 Å². The van der Waals surface area contributed by atoms with Crippen LogP contribution in [0.1, 0.15) is 30.9 Å². The maximum absolute atomic E-state index is 8.85. The molecule has 2 heterocycles. The number of likely N-dealkylation sites (tertiary alicyclic amines) is 1. The molecular formula is C21H26N4O2. The van der Waals surface area contributed by atoms with Gasteiger partial charge in [0.1, 0.15) is 11.9 Å². The topological polar surface area (TPSA) is 70.4 Å². The van der Waals surface area contributed by atoms with Crippen molar-refractivity contribution < 1.29 is 9.47 Å². The summed E-state index contributed by atoms with van der Waals surface area (Å²) in [5.74, 6) is 2.42. The first kappa shape index (κ1) is 19.0. The van der Waals surface area contributed by atoms with E-state index in [1.165, 1.54) is 5.56 Å². The molecule has 142 valence electrons. The van der Waals surface area contributed by atoms with Crippen LogP contribution in [-0.2, 0) is 6.54 Å². The second-order valence-corrected chi connectivity index (χ2v) is 6.66. The number of rotatable bonds is 7. The van der Waals surface area contributed by atoms with Crippen LogP contribution in [0.4, 0.5) is 5.82 Å². The van der Waals surface area contributed by atoms with Crippen LogP contribution < -0.4 is 14.8 Å². The van der Waals surface area contributed by atoms with Crippen LogP contribution in [0, 0.1) is 11.3 Å². The minimum Gasteiger partial charge on any atom is -0.493 e. The van der Waals surface area contributed by atoms with E-state index >= 15 is 0 Å². The molecule has 3 rings (SSSR count). The average molecular weight is 366 g/mol. The summed E-state index contributed by atoms with van der Waals surface area (Å²) in [5, 5.41) is 12.3. The molecule has 0 aliphatic carbocycles. The molecule has 2 aromatic rings. The van der Waals surface area contributed by atoms with Crippen molar-refractivity contribution >= 4 is 5.82 Å². The number of aromatic nitrogens is 1. The number of anilines is 1. The van der Waals surface area contributed by atoms with Gasteiger partial charge in [-0.05, 0) is 49.6 Å². The van der Waals surface area contributed by atoms with Crippen LogP contribution in [0.25, 0.3) is 0 Å². The lowest BCUT2D eigenvalue weighted by Gasteiger charge is -2.32. The van der Waals surface area contributed by atoms with Crippen LogP contribution in [0.2, 0.25) is 0 Å². The number of hydrogen-bond acceptors (Lipinski definition) is 6. The summed E-state index contributed by atoms with van der Waals surface area (Å²) >= 11 is 0. The highest BCUT2D eigenvalue weighted by Crippen LogP contribution is 2.29. The number of hydrogen-bond donors (Lipinski definition) is 1. The molecule has 0 unspecified atom stereocenters. The minimum atomic E-state index is 0.413. The average Bonchev–Trinajstić information content (AvgIpc) is 2.71. The fourth-order valence-corrected chi connectivity index (χ4v) is 3.34. The molecule has 0 radical (unpaired) electrons. The monoisotopic (exact) mass is 366 g/mol. The van der Waals surface area contributed by atoms with Crippen molar-refractivity contribution in [2.24, 2.45) is 0 Å². The summed E-state index contributed by atoms with van der Waals surface area (Å²) < 4.78 is 11.0. The molecule has 1 saturated heterocycles. The molecule has 0 amide bonds. The zero-order chi connectivity index (χ0) is 19.1. The van der Waals surface area contributed by atoms with Crippen molar-refractivity contribution in [1.29, 1.82) is 5.26 Å². The molecule has 1 aromatic heterocycles. The van der Waals surface area contributed by atoms with Gasteiger partial charge in [0, 0.05) is 31.9 Å². The van der Waals surface area contributed by atoms with E-state index in [9.17, 15) is 0 Å². The lowest BCUT2D eigenvalue weighted by Crippen LogP contribution is -2.38. The largest absolute Gasteiger partial charge is 0.493 e. The van der Waals surface area contributed by atoms with E-state index in [1.807, 2.05) is 19.1 Å². The molecule has 1 aliphatic heterocycles. The van der Waals surface area contributed by atoms with Crippen molar-refractivity contribution in [2.75, 3.05) is 32.1 Å². The predicted octanol–water partition coefficient (Wildman–Crippen LogP) is 3.44. The van der Waals surface area contributed by atoms with Crippen molar-refractivity contribution in [3.05, 3.63) is 47.7 Å². The number of nitrogens with zero attached hydrogens (tertiary/aromatic N) is 3. The Morgan fingerprint density at radius 1 is 1.22 bits per heavy atom. The van der Waals surface area contributed by atoms with E-state index in [0.29, 0.717) is 18.2 Å². The Morgan fingerprint density at radius 2 is 2.04 bits per heavy atom. The van der Waals surface area contributed by atoms with E-state index in [0.717, 1.165) is 49.8 Å². The molecular weight excluding hydrogens is 340 g/mol. The van der Waals surface area contributed by atoms with Crippen molar-refractivity contribution in [3.8, 4) is 17.6 Å². The van der Waals surface area contributed by atoms with Crippen molar-refractivity contribution in [2.45, 2.75) is 32.4 Å². The van der Waals surface area contributed by atoms with E-state index in [1.54, 1.807) is 19.4 Å². The quantitative estimate of drug-likeness (QED) is 0.809. The first-order chi connectivity index (χ1) is 13.2. The zero-order valence-corrected chi connectivity index (χ0v) is 15.9. The SMILES string of the molecule is CCOc1cc(CN2CCC(Nc3ccc(C#N)cn3)CC2)ccc1OC. The minimum absolute atomic E-state index is 0.413. The molecule has 1 N–H and O–H groups in total. The summed E-state index contributed by atoms with van der Waals surface area (Å²) in [5.41, 5.74) is 1.82. The van der Waals surface area contributed by atoms with Crippen LogP contribution in [0.15, 0.2) is 36.5 Å². The first-order valence-electron chi connectivity index (χ1n) is 9.36. The molecule has 0 bridgehead atoms. The predicted molar refractivity (Wildman–Crippen MR) is 105 cm³/mol. The van der Waals surface area contributed by atoms with Gasteiger partial charge in [-0.2, -0.15) is 5.26 Å². The molecule has 1 aromatic carbocycles. The standard InChI is InChI=1S/C21H26N4O2/c1-3-27-20-12-16(4-6-19(20)26-2)15-25-10-8-18(9-11-25)24-21-7-5-17(13-22)14-23-21/h4-7,12,14,18H,3,8-11,15H2,1-2H3,(H,23,24). The van der Waals surface area contributed by atoms with Crippen LogP contribution in [-0.4, -0.2) is 42.7 Å². The van der Waals surface area contributed by atoms with Gasteiger partial charge in [-0.1, -0.05) is 6.07 Å². The zero-order valence-electron chi connectivity index (χ0n) is 15.9. The first-order valence-corrected chi connectivity index (χ1v) is 9.36. The van der Waals surface area contributed by atoms with E-state index in [-0.39, 0.29) is 0 Å². The molecule has 1 fully saturated rings. The Morgan fingerprint density at radius 3 is 2.67 bits per heavy atom. The van der Waals surface area contributed by atoms with Crippen LogP contribution in [0.5, 0.6) is 11.5 Å². The molecule has 6 heteroatoms. The Labute approximate surface area is 160 Å². The van der Waals surface area contributed by atoms with Crippen LogP contribution in [0.3, 0.4) is 0 Å². The van der Waals surface area contributed by atoms with Crippen molar-refractivity contribution in [3.63, 3.8) is 0 Å². The molecule has 27 heavy (non-hydrogen) atoms. The molecule has 0 saturated carbocycles. The van der Waals surface area contributed by atoms with Gasteiger partial charge in [-0.25, -0.2) is 4.98 Å². The maximum atomic E-state index is 8.85. The van der Waals surface area contributed by atoms with Gasteiger partial charge < -0.3 is 14.8 Å². The normalized spacial score (nSPS) is 15.1. The number of ether oxygens (including phenoxy) is 2. The van der Waals surface area contributed by atoms with Gasteiger partial charge in [-0.3, -0.25) is 4.90 Å². The second-order valence-electron chi connectivity index (χ2n) is 6.66. The summed E-state index contributed by atoms with van der Waals surface area (Å²) in [6.45, 7) is 5.58. The summed E-state index contributed by atoms with van der Waals surface area (Å²) in [6.07, 6.45) is 3.74. The third-order valence-corrected chi connectivity index (χ3v) is 4.77. The lowest BCUT2D eigenvalue weighted by atomic mass is 10.0. The molecule has 6 nitrogen and oxygen atoms in total. The number of piperidine rings is 1. The molecule has 0 spiro atoms. The van der Waals surface area contributed by atoms with Crippen LogP contribution >= 0.6 is 0 Å². The third-order valence-electron chi connectivity index (χ3n) is 4.77. The van der Waals surface area contributed by atoms with Gasteiger partial charge in [-0.15, -0.1) is 0 Å². The number of nitrogens with one attached hydrogen (secondary N) is 1. The highest BCUT2D eigenvalue weighted by molar-refractivity contribution is 5.43. The van der Waals surface area contributed by atoms with Gasteiger partial charge >= 0.3 is 0 Å². The van der Waals surface area contributed by atoms with Gasteiger partial charge in [0.15, 0.2) is 11.5 Å². The summed E-state index contributed by atoms with van der Waals surface area (Å²) in [6, 6.07) is 12.3. The smallest absolute Gasteiger partial charge is 0.161 e. The van der Waals surface area contributed by atoms with E-state index < -0.39 is 0 Å². The third kappa shape index (κ3) is 5.11. The summed E-state index contributed by atoms with van der Waals surface area (Å²) in [7, 11) is 1.66. The van der Waals surface area contributed by atoms with Gasteiger partial charge in [0.05, 0.1) is 19.3 Å². The second kappa shape index (κ2) is 9.24. The molecule has 1 aliphatic rings. The summed E-state index contributed by atoms with van der Waals surface area (Å²) in [4.78, 5) is 6.76. The Kier molecular flexibility index (Phi) is 6.50. The Balaban J connectivity index is 1.52.